The predicted octanol–water partition coefficient (Wildman–Crippen LogP) is 3.34. The molecular weight excluding hydrogens is 360 g/mol. The topological polar surface area (TPSA) is 89.4 Å². The molecule has 0 radical (unpaired) electrons. The van der Waals surface area contributed by atoms with Crippen LogP contribution in [-0.4, -0.2) is 38.6 Å². The van der Waals surface area contributed by atoms with Gasteiger partial charge in [0, 0.05) is 17.0 Å². The largest absolute Gasteiger partial charge is 0.506 e. The number of carbonyl (C=O) groups is 1. The molecule has 1 amide bonds. The fourth-order valence-corrected chi connectivity index (χ4v) is 2.81. The zero-order valence-electron chi connectivity index (χ0n) is 15.7. The van der Waals surface area contributed by atoms with Gasteiger partial charge in [-0.1, -0.05) is 30.3 Å². The van der Waals surface area contributed by atoms with E-state index in [0.29, 0.717) is 28.2 Å². The molecule has 28 heavy (non-hydrogen) atoms. The molecule has 144 valence electrons. The van der Waals surface area contributed by atoms with E-state index < -0.39 is 5.91 Å². The maximum absolute atomic E-state index is 12.4. The van der Waals surface area contributed by atoms with E-state index in [1.807, 2.05) is 12.1 Å². The zero-order valence-corrected chi connectivity index (χ0v) is 15.7. The molecule has 3 rings (SSSR count). The minimum absolute atomic E-state index is 0.0884. The summed E-state index contributed by atoms with van der Waals surface area (Å²) < 4.78 is 15.8. The average molecular weight is 380 g/mol. The molecule has 3 aromatic carbocycles. The van der Waals surface area contributed by atoms with Gasteiger partial charge in [-0.2, -0.15) is 5.10 Å². The number of nitrogens with zero attached hydrogens (tertiary/aromatic N) is 1. The smallest absolute Gasteiger partial charge is 0.275 e. The number of aromatic hydroxyl groups is 1. The Kier molecular flexibility index (Phi) is 5.64. The highest BCUT2D eigenvalue weighted by molar-refractivity contribution is 6.03. The monoisotopic (exact) mass is 380 g/mol. The SMILES string of the molecule is COc1cc(OC)c(OC)cc1/C=N\NC(=O)c1ccc2ccccc2c1O. The van der Waals surface area contributed by atoms with E-state index in [0.717, 1.165) is 5.39 Å². The molecule has 3 aromatic rings. The summed E-state index contributed by atoms with van der Waals surface area (Å²) in [7, 11) is 4.57. The van der Waals surface area contributed by atoms with Gasteiger partial charge in [0.25, 0.3) is 5.91 Å². The van der Waals surface area contributed by atoms with Crippen LogP contribution in [0.3, 0.4) is 0 Å². The van der Waals surface area contributed by atoms with Crippen molar-refractivity contribution in [3.8, 4) is 23.0 Å². The van der Waals surface area contributed by atoms with Gasteiger partial charge >= 0.3 is 0 Å². The van der Waals surface area contributed by atoms with Crippen LogP contribution in [0.25, 0.3) is 10.8 Å². The van der Waals surface area contributed by atoms with Gasteiger partial charge in [0.2, 0.25) is 0 Å². The Labute approximate surface area is 162 Å². The Morgan fingerprint density at radius 3 is 2.36 bits per heavy atom. The first kappa shape index (κ1) is 19.0. The van der Waals surface area contributed by atoms with Crippen molar-refractivity contribution in [3.63, 3.8) is 0 Å². The van der Waals surface area contributed by atoms with Crippen LogP contribution in [0.15, 0.2) is 53.6 Å². The molecule has 0 unspecified atom stereocenters. The summed E-state index contributed by atoms with van der Waals surface area (Å²) in [5.41, 5.74) is 3.13. The highest BCUT2D eigenvalue weighted by Crippen LogP contribution is 2.33. The molecule has 0 aromatic heterocycles. The molecule has 0 aliphatic rings. The van der Waals surface area contributed by atoms with Crippen LogP contribution in [0, 0.1) is 0 Å². The Balaban J connectivity index is 1.83. The van der Waals surface area contributed by atoms with Gasteiger partial charge in [-0.25, -0.2) is 5.43 Å². The van der Waals surface area contributed by atoms with Gasteiger partial charge in [0.15, 0.2) is 11.5 Å². The lowest BCUT2D eigenvalue weighted by molar-refractivity contribution is 0.0952. The molecule has 0 spiro atoms. The Hall–Kier alpha value is -3.74. The number of rotatable bonds is 6. The summed E-state index contributed by atoms with van der Waals surface area (Å²) in [4.78, 5) is 12.4. The quantitative estimate of drug-likeness (QED) is 0.506. The van der Waals surface area contributed by atoms with Crippen molar-refractivity contribution in [2.45, 2.75) is 0 Å². The minimum atomic E-state index is -0.529. The summed E-state index contributed by atoms with van der Waals surface area (Å²) in [6, 6.07) is 13.9. The van der Waals surface area contributed by atoms with Gasteiger partial charge in [-0.3, -0.25) is 4.79 Å². The second-order valence-corrected chi connectivity index (χ2v) is 5.83. The minimum Gasteiger partial charge on any atom is -0.506 e. The average Bonchev–Trinajstić information content (AvgIpc) is 2.73. The molecule has 0 bridgehead atoms. The Morgan fingerprint density at radius 2 is 1.64 bits per heavy atom. The number of ether oxygens (including phenoxy) is 3. The van der Waals surface area contributed by atoms with Crippen LogP contribution in [0.5, 0.6) is 23.0 Å². The van der Waals surface area contributed by atoms with E-state index in [9.17, 15) is 9.90 Å². The van der Waals surface area contributed by atoms with Gasteiger partial charge in [-0.05, 0) is 17.5 Å². The number of phenolic OH excluding ortho intramolecular Hbond substituents is 1. The summed E-state index contributed by atoms with van der Waals surface area (Å²) in [6.07, 6.45) is 1.43. The van der Waals surface area contributed by atoms with E-state index in [1.54, 1.807) is 36.4 Å². The van der Waals surface area contributed by atoms with Crippen molar-refractivity contribution in [1.82, 2.24) is 5.43 Å². The first-order valence-electron chi connectivity index (χ1n) is 8.43. The normalized spacial score (nSPS) is 10.8. The Morgan fingerprint density at radius 1 is 0.964 bits per heavy atom. The zero-order chi connectivity index (χ0) is 20.1. The third-order valence-corrected chi connectivity index (χ3v) is 4.25. The number of hydrazone groups is 1. The molecule has 2 N–H and O–H groups in total. The van der Waals surface area contributed by atoms with Gasteiger partial charge in [0.05, 0.1) is 33.1 Å². The van der Waals surface area contributed by atoms with Crippen LogP contribution >= 0.6 is 0 Å². The van der Waals surface area contributed by atoms with E-state index in [4.69, 9.17) is 14.2 Å². The highest BCUT2D eigenvalue weighted by Gasteiger charge is 2.14. The Bertz CT molecular complexity index is 1050. The summed E-state index contributed by atoms with van der Waals surface area (Å²) in [6.45, 7) is 0. The van der Waals surface area contributed by atoms with Crippen LogP contribution < -0.4 is 19.6 Å². The first-order valence-corrected chi connectivity index (χ1v) is 8.43. The van der Waals surface area contributed by atoms with E-state index >= 15 is 0 Å². The molecule has 0 heterocycles. The van der Waals surface area contributed by atoms with Crippen LogP contribution in [0.1, 0.15) is 15.9 Å². The number of fused-ring (bicyclic) bond motifs is 1. The van der Waals surface area contributed by atoms with Crippen molar-refractivity contribution in [2.24, 2.45) is 5.10 Å². The van der Waals surface area contributed by atoms with Crippen molar-refractivity contribution >= 4 is 22.9 Å². The summed E-state index contributed by atoms with van der Waals surface area (Å²) in [5, 5.41) is 15.8. The van der Waals surface area contributed by atoms with Crippen molar-refractivity contribution in [2.75, 3.05) is 21.3 Å². The van der Waals surface area contributed by atoms with Gasteiger partial charge < -0.3 is 19.3 Å². The van der Waals surface area contributed by atoms with Crippen LogP contribution in [0.4, 0.5) is 0 Å². The fraction of sp³-hybridized carbons (Fsp3) is 0.143. The lowest BCUT2D eigenvalue weighted by atomic mass is 10.1. The van der Waals surface area contributed by atoms with Crippen molar-refractivity contribution in [3.05, 3.63) is 59.7 Å². The second-order valence-electron chi connectivity index (χ2n) is 5.83. The molecule has 0 aliphatic carbocycles. The third kappa shape index (κ3) is 3.68. The molecule has 0 fully saturated rings. The number of benzene rings is 3. The standard InChI is InChI=1S/C21H20N2O5/c1-26-17-11-19(28-3)18(27-2)10-14(17)12-22-23-21(25)16-9-8-13-6-4-5-7-15(13)20(16)24/h4-12,24H,1-3H3,(H,23,25)/b22-12-. The number of carbonyl (C=O) groups excluding carboxylic acids is 1. The van der Waals surface area contributed by atoms with E-state index in [1.165, 1.54) is 27.5 Å². The van der Waals surface area contributed by atoms with Gasteiger partial charge in [0.1, 0.15) is 11.5 Å². The maximum atomic E-state index is 12.4. The number of methoxy groups -OCH3 is 3. The molecular formula is C21H20N2O5. The number of nitrogens with one attached hydrogen (secondary N) is 1. The van der Waals surface area contributed by atoms with E-state index in [-0.39, 0.29) is 11.3 Å². The van der Waals surface area contributed by atoms with Gasteiger partial charge in [-0.15, -0.1) is 0 Å². The van der Waals surface area contributed by atoms with Crippen molar-refractivity contribution in [1.29, 1.82) is 0 Å². The van der Waals surface area contributed by atoms with Crippen LogP contribution in [-0.2, 0) is 0 Å². The molecule has 0 saturated carbocycles. The number of amides is 1. The fourth-order valence-electron chi connectivity index (χ4n) is 2.81. The second kappa shape index (κ2) is 8.30. The highest BCUT2D eigenvalue weighted by atomic mass is 16.5. The number of phenols is 1. The first-order chi connectivity index (χ1) is 13.6. The number of hydrogen-bond donors (Lipinski definition) is 2. The molecule has 0 saturated heterocycles. The molecule has 0 aliphatic heterocycles. The lowest BCUT2D eigenvalue weighted by Gasteiger charge is -2.11. The van der Waals surface area contributed by atoms with Crippen molar-refractivity contribution < 1.29 is 24.1 Å². The maximum Gasteiger partial charge on any atom is 0.275 e. The molecule has 7 nitrogen and oxygen atoms in total. The summed E-state index contributed by atoms with van der Waals surface area (Å²) in [5.74, 6) is 0.905. The molecule has 7 heteroatoms. The third-order valence-electron chi connectivity index (χ3n) is 4.25. The van der Waals surface area contributed by atoms with E-state index in [2.05, 4.69) is 10.5 Å². The lowest BCUT2D eigenvalue weighted by Crippen LogP contribution is -2.17. The summed E-state index contributed by atoms with van der Waals surface area (Å²) >= 11 is 0. The molecule has 0 atom stereocenters. The number of hydrogen-bond acceptors (Lipinski definition) is 6. The van der Waals surface area contributed by atoms with Crippen LogP contribution in [0.2, 0.25) is 0 Å². The predicted molar refractivity (Wildman–Crippen MR) is 107 cm³/mol.